The third-order valence-corrected chi connectivity index (χ3v) is 3.09. The van der Waals surface area contributed by atoms with E-state index in [1.54, 1.807) is 0 Å². The molecule has 0 aromatic carbocycles. The standard InChI is InChI=1S/C12H23NO/c1-6-8-9-10-11(14)12(3,7-2)13(4)5/h6H,1,7-10H2,2-5H3. The second kappa shape index (κ2) is 5.97. The van der Waals surface area contributed by atoms with Gasteiger partial charge >= 0.3 is 0 Å². The zero-order chi connectivity index (χ0) is 11.2. The molecule has 0 spiro atoms. The monoisotopic (exact) mass is 197 g/mol. The molecule has 2 heteroatoms. The fourth-order valence-electron chi connectivity index (χ4n) is 1.44. The fourth-order valence-corrected chi connectivity index (χ4v) is 1.44. The third kappa shape index (κ3) is 3.26. The Morgan fingerprint density at radius 1 is 1.50 bits per heavy atom. The van der Waals surface area contributed by atoms with Crippen molar-refractivity contribution in [2.75, 3.05) is 14.1 Å². The largest absolute Gasteiger partial charge is 0.298 e. The van der Waals surface area contributed by atoms with E-state index in [9.17, 15) is 4.79 Å². The summed E-state index contributed by atoms with van der Waals surface area (Å²) >= 11 is 0. The molecule has 0 amide bonds. The molecule has 0 aliphatic carbocycles. The highest BCUT2D eigenvalue weighted by Gasteiger charge is 2.32. The number of unbranched alkanes of at least 4 members (excludes halogenated alkanes) is 1. The van der Waals surface area contributed by atoms with Crippen molar-refractivity contribution in [3.05, 3.63) is 12.7 Å². The van der Waals surface area contributed by atoms with Crippen LogP contribution in [-0.2, 0) is 4.79 Å². The van der Waals surface area contributed by atoms with Crippen LogP contribution in [0.3, 0.4) is 0 Å². The lowest BCUT2D eigenvalue weighted by atomic mass is 9.89. The molecule has 1 unspecified atom stereocenters. The Bertz CT molecular complexity index is 198. The van der Waals surface area contributed by atoms with Gasteiger partial charge in [-0.2, -0.15) is 0 Å². The molecule has 14 heavy (non-hydrogen) atoms. The molecule has 0 N–H and O–H groups in total. The van der Waals surface area contributed by atoms with Gasteiger partial charge in [0.2, 0.25) is 0 Å². The number of allylic oxidation sites excluding steroid dienone is 1. The Morgan fingerprint density at radius 3 is 2.43 bits per heavy atom. The lowest BCUT2D eigenvalue weighted by molar-refractivity contribution is -0.129. The van der Waals surface area contributed by atoms with Crippen LogP contribution in [-0.4, -0.2) is 30.3 Å². The topological polar surface area (TPSA) is 20.3 Å². The van der Waals surface area contributed by atoms with E-state index < -0.39 is 0 Å². The first-order valence-electron chi connectivity index (χ1n) is 5.30. The molecule has 0 saturated heterocycles. The first kappa shape index (κ1) is 13.4. The molecule has 1 atom stereocenters. The first-order chi connectivity index (χ1) is 6.49. The minimum atomic E-state index is -0.291. The zero-order valence-electron chi connectivity index (χ0n) is 9.97. The van der Waals surface area contributed by atoms with Crippen molar-refractivity contribution in [2.45, 2.75) is 45.1 Å². The van der Waals surface area contributed by atoms with E-state index >= 15 is 0 Å². The lowest BCUT2D eigenvalue weighted by Crippen LogP contribution is -2.47. The van der Waals surface area contributed by atoms with Gasteiger partial charge in [-0.15, -0.1) is 6.58 Å². The first-order valence-corrected chi connectivity index (χ1v) is 5.30. The van der Waals surface area contributed by atoms with E-state index in [-0.39, 0.29) is 5.54 Å². The second-order valence-electron chi connectivity index (χ2n) is 4.13. The predicted molar refractivity (Wildman–Crippen MR) is 61.4 cm³/mol. The molecule has 0 fully saturated rings. The number of Topliss-reactive ketones (excluding diaryl/α,β-unsaturated/α-hetero) is 1. The molecule has 0 aliphatic heterocycles. The molecule has 0 saturated carbocycles. The van der Waals surface area contributed by atoms with Gasteiger partial charge in [0.1, 0.15) is 0 Å². The van der Waals surface area contributed by atoms with E-state index in [4.69, 9.17) is 0 Å². The summed E-state index contributed by atoms with van der Waals surface area (Å²) in [5.41, 5.74) is -0.291. The molecule has 0 bridgehead atoms. The van der Waals surface area contributed by atoms with Crippen molar-refractivity contribution >= 4 is 5.78 Å². The molecule has 0 aliphatic rings. The van der Waals surface area contributed by atoms with Crippen LogP contribution in [0.4, 0.5) is 0 Å². The van der Waals surface area contributed by atoms with Crippen LogP contribution >= 0.6 is 0 Å². The molecule has 2 nitrogen and oxygen atoms in total. The van der Waals surface area contributed by atoms with E-state index in [1.165, 1.54) is 0 Å². The van der Waals surface area contributed by atoms with E-state index in [0.29, 0.717) is 12.2 Å². The summed E-state index contributed by atoms with van der Waals surface area (Å²) in [7, 11) is 3.93. The smallest absolute Gasteiger partial charge is 0.152 e. The number of carbonyl (C=O) groups is 1. The van der Waals surface area contributed by atoms with Gasteiger partial charge in [0.25, 0.3) is 0 Å². The third-order valence-electron chi connectivity index (χ3n) is 3.09. The Labute approximate surface area is 88.0 Å². The average molecular weight is 197 g/mol. The number of ketones is 1. The summed E-state index contributed by atoms with van der Waals surface area (Å²) in [6, 6.07) is 0. The molecular weight excluding hydrogens is 174 g/mol. The van der Waals surface area contributed by atoms with E-state index in [0.717, 1.165) is 19.3 Å². The lowest BCUT2D eigenvalue weighted by Gasteiger charge is -2.34. The summed E-state index contributed by atoms with van der Waals surface area (Å²) in [6.45, 7) is 7.73. The van der Waals surface area contributed by atoms with Gasteiger partial charge in [0.15, 0.2) is 5.78 Å². The highest BCUT2D eigenvalue weighted by molar-refractivity contribution is 5.87. The van der Waals surface area contributed by atoms with Gasteiger partial charge in [-0.3, -0.25) is 9.69 Å². The highest BCUT2D eigenvalue weighted by Crippen LogP contribution is 2.20. The molecule has 0 aromatic heterocycles. The number of nitrogens with zero attached hydrogens (tertiary/aromatic N) is 1. The van der Waals surface area contributed by atoms with Crippen molar-refractivity contribution in [3.63, 3.8) is 0 Å². The molecule has 82 valence electrons. The number of rotatable bonds is 7. The minimum absolute atomic E-state index is 0.291. The zero-order valence-corrected chi connectivity index (χ0v) is 9.97. The molecular formula is C12H23NO. The maximum Gasteiger partial charge on any atom is 0.152 e. The van der Waals surface area contributed by atoms with Gasteiger partial charge in [-0.25, -0.2) is 0 Å². The van der Waals surface area contributed by atoms with Crippen LogP contribution in [0.5, 0.6) is 0 Å². The van der Waals surface area contributed by atoms with Crippen LogP contribution in [0.15, 0.2) is 12.7 Å². The van der Waals surface area contributed by atoms with Crippen molar-refractivity contribution in [2.24, 2.45) is 0 Å². The SMILES string of the molecule is C=CCCCC(=O)C(C)(CC)N(C)C. The highest BCUT2D eigenvalue weighted by atomic mass is 16.1. The quantitative estimate of drug-likeness (QED) is 0.462. The Hall–Kier alpha value is -0.630. The molecule has 0 aromatic rings. The van der Waals surface area contributed by atoms with E-state index in [1.807, 2.05) is 32.0 Å². The second-order valence-corrected chi connectivity index (χ2v) is 4.13. The summed E-state index contributed by atoms with van der Waals surface area (Å²) in [6.07, 6.45) is 5.25. The summed E-state index contributed by atoms with van der Waals surface area (Å²) in [5.74, 6) is 0.340. The van der Waals surface area contributed by atoms with Gasteiger partial charge < -0.3 is 0 Å². The molecule has 0 rings (SSSR count). The number of likely N-dealkylation sites (N-methyl/N-ethyl adjacent to an activating group) is 1. The van der Waals surface area contributed by atoms with Crippen LogP contribution in [0.1, 0.15) is 39.5 Å². The van der Waals surface area contributed by atoms with Gasteiger partial charge in [0.05, 0.1) is 5.54 Å². The molecule has 0 radical (unpaired) electrons. The number of hydrogen-bond acceptors (Lipinski definition) is 2. The normalized spacial score (nSPS) is 15.2. The Balaban J connectivity index is 4.24. The fraction of sp³-hybridized carbons (Fsp3) is 0.750. The maximum absolute atomic E-state index is 11.9. The molecule has 0 heterocycles. The van der Waals surface area contributed by atoms with Crippen molar-refractivity contribution in [1.82, 2.24) is 4.90 Å². The predicted octanol–water partition coefficient (Wildman–Crippen LogP) is 2.64. The summed E-state index contributed by atoms with van der Waals surface area (Å²) < 4.78 is 0. The van der Waals surface area contributed by atoms with Crippen LogP contribution < -0.4 is 0 Å². The maximum atomic E-state index is 11.9. The van der Waals surface area contributed by atoms with Crippen LogP contribution in [0, 0.1) is 0 Å². The van der Waals surface area contributed by atoms with Crippen LogP contribution in [0.2, 0.25) is 0 Å². The van der Waals surface area contributed by atoms with E-state index in [2.05, 4.69) is 13.5 Å². The van der Waals surface area contributed by atoms with Crippen LogP contribution in [0.25, 0.3) is 0 Å². The van der Waals surface area contributed by atoms with Gasteiger partial charge in [0, 0.05) is 6.42 Å². The van der Waals surface area contributed by atoms with Crippen molar-refractivity contribution in [3.8, 4) is 0 Å². The Kier molecular flexibility index (Phi) is 5.70. The number of carbonyl (C=O) groups excluding carboxylic acids is 1. The number of hydrogen-bond donors (Lipinski definition) is 0. The average Bonchev–Trinajstić information content (AvgIpc) is 2.16. The van der Waals surface area contributed by atoms with Crippen molar-refractivity contribution < 1.29 is 4.79 Å². The Morgan fingerprint density at radius 2 is 2.07 bits per heavy atom. The van der Waals surface area contributed by atoms with Gasteiger partial charge in [-0.1, -0.05) is 13.0 Å². The van der Waals surface area contributed by atoms with Crippen molar-refractivity contribution in [1.29, 1.82) is 0 Å². The summed E-state index contributed by atoms with van der Waals surface area (Å²) in [5, 5.41) is 0. The van der Waals surface area contributed by atoms with Gasteiger partial charge in [-0.05, 0) is 40.3 Å². The minimum Gasteiger partial charge on any atom is -0.298 e. The summed E-state index contributed by atoms with van der Waals surface area (Å²) in [4.78, 5) is 14.0.